The predicted molar refractivity (Wildman–Crippen MR) is 101 cm³/mol. The number of nitrogens with one attached hydrogen (secondary N) is 1. The molecule has 1 saturated heterocycles. The molecule has 1 N–H and O–H groups in total. The average molecular weight is 370 g/mol. The Morgan fingerprint density at radius 3 is 2.67 bits per heavy atom. The first-order valence-corrected chi connectivity index (χ1v) is 9.26. The topological polar surface area (TPSA) is 86.1 Å². The summed E-state index contributed by atoms with van der Waals surface area (Å²) in [5.41, 5.74) is 3.37. The molecule has 2 aromatic rings. The lowest BCUT2D eigenvalue weighted by Gasteiger charge is -2.19. The highest BCUT2D eigenvalue weighted by atomic mass is 16.5. The van der Waals surface area contributed by atoms with Crippen molar-refractivity contribution < 1.29 is 14.3 Å². The fourth-order valence-corrected chi connectivity index (χ4v) is 3.69. The molecule has 7 heteroatoms. The second kappa shape index (κ2) is 8.43. The number of aromatic nitrogens is 3. The fourth-order valence-electron chi connectivity index (χ4n) is 3.69. The smallest absolute Gasteiger partial charge is 0.222 e. The Kier molecular flexibility index (Phi) is 6.01. The highest BCUT2D eigenvalue weighted by molar-refractivity contribution is 5.96. The molecule has 1 fully saturated rings. The number of nitrogens with zero attached hydrogens (tertiary/aromatic N) is 3. The van der Waals surface area contributed by atoms with E-state index < -0.39 is 0 Å². The van der Waals surface area contributed by atoms with Crippen LogP contribution in [0.5, 0.6) is 0 Å². The van der Waals surface area contributed by atoms with Crippen molar-refractivity contribution in [1.29, 1.82) is 0 Å². The van der Waals surface area contributed by atoms with Crippen molar-refractivity contribution in [3.63, 3.8) is 0 Å². The zero-order chi connectivity index (χ0) is 19.4. The Morgan fingerprint density at radius 1 is 1.26 bits per heavy atom. The van der Waals surface area contributed by atoms with Crippen LogP contribution in [0.1, 0.15) is 40.7 Å². The number of pyridine rings is 1. The Labute approximate surface area is 159 Å². The molecule has 0 radical (unpaired) electrons. The number of Topliss-reactive ketones (excluding diaryl/α,β-unsaturated/α-hetero) is 1. The molecule has 2 atom stereocenters. The number of aryl methyl sites for hydroxylation is 2. The molecule has 1 aliphatic heterocycles. The maximum Gasteiger partial charge on any atom is 0.222 e. The molecule has 1 amide bonds. The second-order valence-electron chi connectivity index (χ2n) is 7.11. The van der Waals surface area contributed by atoms with Crippen LogP contribution >= 0.6 is 0 Å². The van der Waals surface area contributed by atoms with E-state index in [9.17, 15) is 9.59 Å². The Bertz CT molecular complexity index is 816. The highest BCUT2D eigenvalue weighted by Crippen LogP contribution is 2.19. The summed E-state index contributed by atoms with van der Waals surface area (Å²) >= 11 is 0. The molecule has 7 nitrogen and oxygen atoms in total. The van der Waals surface area contributed by atoms with Gasteiger partial charge in [0.05, 0.1) is 30.5 Å². The summed E-state index contributed by atoms with van der Waals surface area (Å²) in [6.07, 6.45) is 4.73. The van der Waals surface area contributed by atoms with Crippen LogP contribution in [-0.4, -0.2) is 45.7 Å². The van der Waals surface area contributed by atoms with Gasteiger partial charge < -0.3 is 10.1 Å². The van der Waals surface area contributed by atoms with Gasteiger partial charge in [0, 0.05) is 37.0 Å². The summed E-state index contributed by atoms with van der Waals surface area (Å²) < 4.78 is 7.33. The van der Waals surface area contributed by atoms with Gasteiger partial charge in [0.25, 0.3) is 0 Å². The third kappa shape index (κ3) is 4.60. The summed E-state index contributed by atoms with van der Waals surface area (Å²) in [5, 5.41) is 7.49. The van der Waals surface area contributed by atoms with E-state index in [-0.39, 0.29) is 23.7 Å². The first kappa shape index (κ1) is 19.2. The number of rotatable bonds is 7. The molecule has 2 aromatic heterocycles. The number of amides is 1. The SMILES string of the molecule is CC(=O)c1c(C)nn(CCC(=O)N[C@H]2COC[C@H]2Cc2ccncc2)c1C. The largest absolute Gasteiger partial charge is 0.379 e. The maximum absolute atomic E-state index is 12.4. The lowest BCUT2D eigenvalue weighted by atomic mass is 9.95. The monoisotopic (exact) mass is 370 g/mol. The van der Waals surface area contributed by atoms with E-state index in [0.717, 1.165) is 12.1 Å². The Balaban J connectivity index is 1.54. The predicted octanol–water partition coefficient (Wildman–Crippen LogP) is 1.86. The van der Waals surface area contributed by atoms with E-state index in [0.29, 0.717) is 37.4 Å². The number of hydrogen-bond acceptors (Lipinski definition) is 5. The van der Waals surface area contributed by atoms with E-state index in [1.54, 1.807) is 17.1 Å². The van der Waals surface area contributed by atoms with Crippen molar-refractivity contribution in [1.82, 2.24) is 20.1 Å². The summed E-state index contributed by atoms with van der Waals surface area (Å²) in [6.45, 7) is 6.86. The van der Waals surface area contributed by atoms with Crippen LogP contribution in [0.25, 0.3) is 0 Å². The zero-order valence-electron chi connectivity index (χ0n) is 16.1. The van der Waals surface area contributed by atoms with Gasteiger partial charge in [-0.2, -0.15) is 5.10 Å². The molecule has 0 unspecified atom stereocenters. The van der Waals surface area contributed by atoms with E-state index in [1.165, 1.54) is 12.5 Å². The van der Waals surface area contributed by atoms with Crippen molar-refractivity contribution in [2.75, 3.05) is 13.2 Å². The van der Waals surface area contributed by atoms with Gasteiger partial charge in [-0.15, -0.1) is 0 Å². The summed E-state index contributed by atoms with van der Waals surface area (Å²) in [4.78, 5) is 28.2. The number of ether oxygens (including phenoxy) is 1. The first-order chi connectivity index (χ1) is 13.0. The molecule has 3 rings (SSSR count). The fraction of sp³-hybridized carbons (Fsp3) is 0.500. The molecule has 0 spiro atoms. The quantitative estimate of drug-likeness (QED) is 0.752. The van der Waals surface area contributed by atoms with Gasteiger partial charge in [-0.05, 0) is 44.9 Å². The zero-order valence-corrected chi connectivity index (χ0v) is 16.1. The number of carbonyl (C=O) groups excluding carboxylic acids is 2. The van der Waals surface area contributed by atoms with Crippen LogP contribution in [0.4, 0.5) is 0 Å². The lowest BCUT2D eigenvalue weighted by Crippen LogP contribution is -2.41. The first-order valence-electron chi connectivity index (χ1n) is 9.26. The van der Waals surface area contributed by atoms with Crippen LogP contribution in [0.2, 0.25) is 0 Å². The second-order valence-corrected chi connectivity index (χ2v) is 7.11. The standard InChI is InChI=1S/C20H26N4O3/c1-13-20(15(3)25)14(2)24(23-13)9-6-19(26)22-18-12-27-11-17(18)10-16-4-7-21-8-5-16/h4-5,7-8,17-18H,6,9-12H2,1-3H3,(H,22,26)/t17-,18+/m1/s1. The third-order valence-electron chi connectivity index (χ3n) is 5.08. The van der Waals surface area contributed by atoms with Gasteiger partial charge in [0.15, 0.2) is 5.78 Å². The van der Waals surface area contributed by atoms with E-state index in [2.05, 4.69) is 15.4 Å². The van der Waals surface area contributed by atoms with Gasteiger partial charge in [-0.1, -0.05) is 0 Å². The van der Waals surface area contributed by atoms with Crippen LogP contribution in [0.3, 0.4) is 0 Å². The van der Waals surface area contributed by atoms with Crippen LogP contribution in [0, 0.1) is 19.8 Å². The van der Waals surface area contributed by atoms with Gasteiger partial charge >= 0.3 is 0 Å². The highest BCUT2D eigenvalue weighted by Gasteiger charge is 2.29. The van der Waals surface area contributed by atoms with E-state index >= 15 is 0 Å². The molecule has 144 valence electrons. The van der Waals surface area contributed by atoms with Crippen LogP contribution in [0.15, 0.2) is 24.5 Å². The molecular formula is C20H26N4O3. The molecule has 0 bridgehead atoms. The van der Waals surface area contributed by atoms with Crippen molar-refractivity contribution in [2.45, 2.75) is 46.2 Å². The number of ketones is 1. The van der Waals surface area contributed by atoms with Crippen molar-refractivity contribution in [2.24, 2.45) is 5.92 Å². The minimum Gasteiger partial charge on any atom is -0.379 e. The molecule has 0 aliphatic carbocycles. The molecule has 0 aromatic carbocycles. The summed E-state index contributed by atoms with van der Waals surface area (Å²) in [6, 6.07) is 4.00. The van der Waals surface area contributed by atoms with Gasteiger partial charge in [0.2, 0.25) is 5.91 Å². The van der Waals surface area contributed by atoms with Crippen LogP contribution < -0.4 is 5.32 Å². The molecule has 0 saturated carbocycles. The molecule has 3 heterocycles. The van der Waals surface area contributed by atoms with E-state index in [4.69, 9.17) is 4.74 Å². The molecule has 1 aliphatic rings. The third-order valence-corrected chi connectivity index (χ3v) is 5.08. The van der Waals surface area contributed by atoms with Crippen LogP contribution in [-0.2, 0) is 22.5 Å². The number of hydrogen-bond donors (Lipinski definition) is 1. The minimum atomic E-state index is -0.0258. The molecule has 27 heavy (non-hydrogen) atoms. The van der Waals surface area contributed by atoms with Crippen molar-refractivity contribution in [3.8, 4) is 0 Å². The minimum absolute atomic E-state index is 0.00256. The summed E-state index contributed by atoms with van der Waals surface area (Å²) in [5.74, 6) is 0.235. The van der Waals surface area contributed by atoms with Gasteiger partial charge in [0.1, 0.15) is 0 Å². The normalized spacial score (nSPS) is 19.2. The van der Waals surface area contributed by atoms with Gasteiger partial charge in [-0.3, -0.25) is 19.3 Å². The summed E-state index contributed by atoms with van der Waals surface area (Å²) in [7, 11) is 0. The average Bonchev–Trinajstić information content (AvgIpc) is 3.17. The Morgan fingerprint density at radius 2 is 2.00 bits per heavy atom. The maximum atomic E-state index is 12.4. The van der Waals surface area contributed by atoms with E-state index in [1.807, 2.05) is 26.0 Å². The lowest BCUT2D eigenvalue weighted by molar-refractivity contribution is -0.122. The van der Waals surface area contributed by atoms with Crippen molar-refractivity contribution in [3.05, 3.63) is 47.0 Å². The van der Waals surface area contributed by atoms with Gasteiger partial charge in [-0.25, -0.2) is 0 Å². The Hall–Kier alpha value is -2.54. The van der Waals surface area contributed by atoms with Crippen molar-refractivity contribution >= 4 is 11.7 Å². The number of carbonyl (C=O) groups is 2. The molecular weight excluding hydrogens is 344 g/mol.